The standard InChI is InChI=1S/C17H15FN4OS/c1-11-5-3-4-6-15(11)22-17(19-20-21-22)24-12(2)16(23)13-7-9-14(18)10-8-13/h3-10,12H,1-2H3. The van der Waals surface area contributed by atoms with Crippen molar-refractivity contribution in [1.29, 1.82) is 0 Å². The lowest BCUT2D eigenvalue weighted by atomic mass is 10.1. The molecule has 0 spiro atoms. The number of benzene rings is 2. The molecule has 1 atom stereocenters. The Labute approximate surface area is 142 Å². The monoisotopic (exact) mass is 342 g/mol. The van der Waals surface area contributed by atoms with E-state index in [0.717, 1.165) is 11.3 Å². The van der Waals surface area contributed by atoms with Gasteiger partial charge in [-0.05, 0) is 60.2 Å². The second-order valence-electron chi connectivity index (χ2n) is 5.29. The molecule has 3 rings (SSSR count). The fourth-order valence-corrected chi connectivity index (χ4v) is 3.14. The van der Waals surface area contributed by atoms with Crippen LogP contribution in [0.25, 0.3) is 5.69 Å². The Kier molecular flexibility index (Phi) is 4.71. The van der Waals surface area contributed by atoms with Gasteiger partial charge >= 0.3 is 0 Å². The molecule has 1 heterocycles. The minimum Gasteiger partial charge on any atom is -0.293 e. The molecule has 3 aromatic rings. The van der Waals surface area contributed by atoms with Crippen LogP contribution < -0.4 is 0 Å². The molecule has 0 bridgehead atoms. The summed E-state index contributed by atoms with van der Waals surface area (Å²) in [5.41, 5.74) is 2.36. The summed E-state index contributed by atoms with van der Waals surface area (Å²) in [7, 11) is 0. The first-order valence-electron chi connectivity index (χ1n) is 7.37. The van der Waals surface area contributed by atoms with Crippen molar-refractivity contribution in [3.05, 3.63) is 65.5 Å². The molecule has 7 heteroatoms. The summed E-state index contributed by atoms with van der Waals surface area (Å²) < 4.78 is 14.6. The number of ketones is 1. The maximum absolute atomic E-state index is 13.0. The molecule has 0 fully saturated rings. The van der Waals surface area contributed by atoms with Crippen LogP contribution in [-0.2, 0) is 0 Å². The van der Waals surface area contributed by atoms with Crippen LogP contribution >= 0.6 is 11.8 Å². The van der Waals surface area contributed by atoms with E-state index in [1.807, 2.05) is 31.2 Å². The summed E-state index contributed by atoms with van der Waals surface area (Å²) in [4.78, 5) is 12.5. The van der Waals surface area contributed by atoms with Crippen molar-refractivity contribution in [3.8, 4) is 5.69 Å². The molecule has 2 aromatic carbocycles. The van der Waals surface area contributed by atoms with Crippen LogP contribution in [0.2, 0.25) is 0 Å². The van der Waals surface area contributed by atoms with Crippen molar-refractivity contribution >= 4 is 17.5 Å². The Hall–Kier alpha value is -2.54. The van der Waals surface area contributed by atoms with Gasteiger partial charge in [0.25, 0.3) is 0 Å². The average Bonchev–Trinajstić information content (AvgIpc) is 3.03. The van der Waals surface area contributed by atoms with Crippen LogP contribution in [0.1, 0.15) is 22.8 Å². The number of thioether (sulfide) groups is 1. The minimum atomic E-state index is -0.399. The highest BCUT2D eigenvalue weighted by atomic mass is 32.2. The van der Waals surface area contributed by atoms with E-state index in [9.17, 15) is 9.18 Å². The summed E-state index contributed by atoms with van der Waals surface area (Å²) in [6, 6.07) is 13.3. The van der Waals surface area contributed by atoms with Gasteiger partial charge in [-0.2, -0.15) is 4.68 Å². The number of rotatable bonds is 5. The molecular weight excluding hydrogens is 327 g/mol. The van der Waals surface area contributed by atoms with E-state index < -0.39 is 5.25 Å². The van der Waals surface area contributed by atoms with Crippen LogP contribution in [0.15, 0.2) is 53.7 Å². The number of carbonyl (C=O) groups is 1. The van der Waals surface area contributed by atoms with Crippen molar-refractivity contribution in [2.75, 3.05) is 0 Å². The topological polar surface area (TPSA) is 60.7 Å². The molecule has 0 N–H and O–H groups in total. The van der Waals surface area contributed by atoms with Gasteiger partial charge < -0.3 is 0 Å². The van der Waals surface area contributed by atoms with Gasteiger partial charge in [-0.15, -0.1) is 5.10 Å². The van der Waals surface area contributed by atoms with Crippen LogP contribution in [-0.4, -0.2) is 31.2 Å². The Morgan fingerprint density at radius 2 is 1.88 bits per heavy atom. The van der Waals surface area contributed by atoms with Crippen molar-refractivity contribution in [3.63, 3.8) is 0 Å². The lowest BCUT2D eigenvalue weighted by Crippen LogP contribution is -2.15. The zero-order chi connectivity index (χ0) is 17.1. The van der Waals surface area contributed by atoms with Crippen molar-refractivity contribution in [2.24, 2.45) is 0 Å². The van der Waals surface area contributed by atoms with Gasteiger partial charge in [-0.1, -0.05) is 30.0 Å². The molecule has 24 heavy (non-hydrogen) atoms. The predicted octanol–water partition coefficient (Wildman–Crippen LogP) is 3.47. The smallest absolute Gasteiger partial charge is 0.214 e. The maximum Gasteiger partial charge on any atom is 0.214 e. The first-order valence-corrected chi connectivity index (χ1v) is 8.25. The second kappa shape index (κ2) is 6.92. The summed E-state index contributed by atoms with van der Waals surface area (Å²) in [5, 5.41) is 11.9. The number of aromatic nitrogens is 4. The zero-order valence-electron chi connectivity index (χ0n) is 13.2. The number of nitrogens with zero attached hydrogens (tertiary/aromatic N) is 4. The fraction of sp³-hybridized carbons (Fsp3) is 0.176. The van der Waals surface area contributed by atoms with Gasteiger partial charge in [-0.3, -0.25) is 4.79 Å². The second-order valence-corrected chi connectivity index (χ2v) is 6.60. The third-order valence-corrected chi connectivity index (χ3v) is 4.60. The average molecular weight is 342 g/mol. The molecule has 0 aliphatic heterocycles. The van der Waals surface area contributed by atoms with Gasteiger partial charge in [-0.25, -0.2) is 4.39 Å². The zero-order valence-corrected chi connectivity index (χ0v) is 14.0. The van der Waals surface area contributed by atoms with Gasteiger partial charge in [0, 0.05) is 5.56 Å². The Balaban J connectivity index is 1.82. The number of hydrogen-bond donors (Lipinski definition) is 0. The molecule has 0 saturated heterocycles. The number of aryl methyl sites for hydroxylation is 1. The molecule has 0 aliphatic rings. The molecule has 1 unspecified atom stereocenters. The van der Waals surface area contributed by atoms with Crippen LogP contribution in [0.5, 0.6) is 0 Å². The molecule has 0 amide bonds. The highest BCUT2D eigenvalue weighted by Gasteiger charge is 2.21. The van der Waals surface area contributed by atoms with Gasteiger partial charge in [0.1, 0.15) is 5.82 Å². The van der Waals surface area contributed by atoms with Gasteiger partial charge in [0.15, 0.2) is 5.78 Å². The predicted molar refractivity (Wildman–Crippen MR) is 89.9 cm³/mol. The fourth-order valence-electron chi connectivity index (χ4n) is 2.27. The van der Waals surface area contributed by atoms with Gasteiger partial charge in [0.2, 0.25) is 5.16 Å². The van der Waals surface area contributed by atoms with Crippen molar-refractivity contribution in [1.82, 2.24) is 20.2 Å². The number of tetrazole rings is 1. The highest BCUT2D eigenvalue weighted by molar-refractivity contribution is 8.00. The Bertz CT molecular complexity index is 863. The quantitative estimate of drug-likeness (QED) is 0.525. The summed E-state index contributed by atoms with van der Waals surface area (Å²) in [6.45, 7) is 3.76. The molecule has 5 nitrogen and oxygen atoms in total. The number of para-hydroxylation sites is 1. The van der Waals surface area contributed by atoms with Crippen LogP contribution in [0.3, 0.4) is 0 Å². The largest absolute Gasteiger partial charge is 0.293 e. The van der Waals surface area contributed by atoms with Gasteiger partial charge in [0.05, 0.1) is 10.9 Å². The lowest BCUT2D eigenvalue weighted by molar-refractivity contribution is 0.0994. The van der Waals surface area contributed by atoms with E-state index in [0.29, 0.717) is 10.7 Å². The number of halogens is 1. The molecular formula is C17H15FN4OS. The van der Waals surface area contributed by atoms with Crippen LogP contribution in [0, 0.1) is 12.7 Å². The third kappa shape index (κ3) is 3.35. The molecule has 0 saturated carbocycles. The molecule has 1 aromatic heterocycles. The maximum atomic E-state index is 13.0. The first kappa shape index (κ1) is 16.3. The number of hydrogen-bond acceptors (Lipinski definition) is 5. The SMILES string of the molecule is Cc1ccccc1-n1nnnc1SC(C)C(=O)c1ccc(F)cc1. The van der Waals surface area contributed by atoms with E-state index in [4.69, 9.17) is 0 Å². The van der Waals surface area contributed by atoms with E-state index in [2.05, 4.69) is 15.5 Å². The highest BCUT2D eigenvalue weighted by Crippen LogP contribution is 2.26. The third-order valence-electron chi connectivity index (χ3n) is 3.56. The van der Waals surface area contributed by atoms with E-state index >= 15 is 0 Å². The number of Topliss-reactive ketones (excluding diaryl/α,β-unsaturated/α-hetero) is 1. The molecule has 0 aliphatic carbocycles. The number of carbonyl (C=O) groups excluding carboxylic acids is 1. The normalized spacial score (nSPS) is 12.1. The van der Waals surface area contributed by atoms with Crippen molar-refractivity contribution in [2.45, 2.75) is 24.3 Å². The van der Waals surface area contributed by atoms with E-state index in [1.54, 1.807) is 11.6 Å². The molecule has 122 valence electrons. The van der Waals surface area contributed by atoms with E-state index in [-0.39, 0.29) is 11.6 Å². The summed E-state index contributed by atoms with van der Waals surface area (Å²) in [6.07, 6.45) is 0. The van der Waals surface area contributed by atoms with E-state index in [1.165, 1.54) is 36.0 Å². The minimum absolute atomic E-state index is 0.0978. The van der Waals surface area contributed by atoms with Crippen molar-refractivity contribution < 1.29 is 9.18 Å². The Morgan fingerprint density at radius 3 is 2.58 bits per heavy atom. The lowest BCUT2D eigenvalue weighted by Gasteiger charge is -2.11. The summed E-state index contributed by atoms with van der Waals surface area (Å²) >= 11 is 1.27. The summed E-state index contributed by atoms with van der Waals surface area (Å²) in [5.74, 6) is -0.463. The molecule has 0 radical (unpaired) electrons. The first-order chi connectivity index (χ1) is 11.6. The van der Waals surface area contributed by atoms with Crippen LogP contribution in [0.4, 0.5) is 4.39 Å². The Morgan fingerprint density at radius 1 is 1.17 bits per heavy atom.